The van der Waals surface area contributed by atoms with Gasteiger partial charge in [0, 0.05) is 31.7 Å². The largest absolute Gasteiger partial charge is 0.459 e. The molecule has 0 saturated carbocycles. The van der Waals surface area contributed by atoms with E-state index in [1.165, 1.54) is 21.5 Å². The maximum Gasteiger partial charge on any atom is 0.290 e. The second-order valence-electron chi connectivity index (χ2n) is 8.46. The molecule has 184 valence electrons. The van der Waals surface area contributed by atoms with Crippen molar-refractivity contribution in [1.82, 2.24) is 9.21 Å². The molecule has 0 unspecified atom stereocenters. The lowest BCUT2D eigenvalue weighted by atomic mass is 9.93. The van der Waals surface area contributed by atoms with E-state index in [4.69, 9.17) is 4.42 Å². The third-order valence-electron chi connectivity index (χ3n) is 6.32. The number of sulfonamides is 1. The summed E-state index contributed by atoms with van der Waals surface area (Å²) in [5, 5.41) is 2.84. The molecule has 2 heterocycles. The normalized spacial score (nSPS) is 15.7. The van der Waals surface area contributed by atoms with Gasteiger partial charge in [-0.1, -0.05) is 44.2 Å². The van der Waals surface area contributed by atoms with Crippen LogP contribution in [0.1, 0.15) is 41.1 Å². The molecule has 2 amide bonds. The van der Waals surface area contributed by atoms with E-state index in [2.05, 4.69) is 5.32 Å². The molecule has 4 rings (SSSR count). The number of hydrogen-bond donors (Lipinski definition) is 1. The van der Waals surface area contributed by atoms with Crippen molar-refractivity contribution < 1.29 is 22.4 Å². The molecule has 1 N–H and O–H groups in total. The summed E-state index contributed by atoms with van der Waals surface area (Å²) < 4.78 is 32.9. The molecule has 1 aliphatic rings. The van der Waals surface area contributed by atoms with Crippen molar-refractivity contribution in [1.29, 1.82) is 0 Å². The van der Waals surface area contributed by atoms with Crippen LogP contribution < -0.4 is 5.32 Å². The minimum atomic E-state index is -3.70. The van der Waals surface area contributed by atoms with Gasteiger partial charge < -0.3 is 14.6 Å². The Kier molecular flexibility index (Phi) is 7.09. The van der Waals surface area contributed by atoms with Crippen molar-refractivity contribution in [2.24, 2.45) is 0 Å². The van der Waals surface area contributed by atoms with Crippen LogP contribution >= 0.6 is 0 Å². The summed E-state index contributed by atoms with van der Waals surface area (Å²) in [4.78, 5) is 28.3. The van der Waals surface area contributed by atoms with E-state index in [9.17, 15) is 18.0 Å². The summed E-state index contributed by atoms with van der Waals surface area (Å²) in [5.74, 6) is -0.613. The first-order valence-corrected chi connectivity index (χ1v) is 13.0. The fourth-order valence-corrected chi connectivity index (χ4v) is 6.11. The van der Waals surface area contributed by atoms with Crippen molar-refractivity contribution in [3.05, 3.63) is 83.3 Å². The maximum atomic E-state index is 13.5. The first-order chi connectivity index (χ1) is 16.8. The van der Waals surface area contributed by atoms with E-state index >= 15 is 0 Å². The Balaban J connectivity index is 1.64. The molecular formula is C26H29N3O5S. The fraction of sp³-hybridized carbons (Fsp3) is 0.308. The molecular weight excluding hydrogens is 466 g/mol. The molecule has 1 atom stereocenters. The minimum Gasteiger partial charge on any atom is -0.459 e. The van der Waals surface area contributed by atoms with Crippen LogP contribution in [0.5, 0.6) is 0 Å². The minimum absolute atomic E-state index is 0.150. The average molecular weight is 496 g/mol. The van der Waals surface area contributed by atoms with Crippen LogP contribution in [0.15, 0.2) is 70.2 Å². The number of fused-ring (bicyclic) bond motifs is 1. The second-order valence-corrected chi connectivity index (χ2v) is 10.4. The van der Waals surface area contributed by atoms with Crippen LogP contribution in [0.4, 0.5) is 5.69 Å². The number of hydrogen-bond acceptors (Lipinski definition) is 5. The highest BCUT2D eigenvalue weighted by molar-refractivity contribution is 7.89. The van der Waals surface area contributed by atoms with E-state index in [-0.39, 0.29) is 23.1 Å². The molecule has 0 bridgehead atoms. The molecule has 8 nitrogen and oxygen atoms in total. The number of rotatable bonds is 7. The first-order valence-electron chi connectivity index (χ1n) is 11.6. The van der Waals surface area contributed by atoms with E-state index in [1.54, 1.807) is 45.0 Å². The maximum absolute atomic E-state index is 13.5. The zero-order valence-electron chi connectivity index (χ0n) is 20.0. The van der Waals surface area contributed by atoms with Gasteiger partial charge >= 0.3 is 0 Å². The number of carbonyl (C=O) groups is 2. The smallest absolute Gasteiger partial charge is 0.290 e. The van der Waals surface area contributed by atoms with Gasteiger partial charge in [0.05, 0.1) is 11.2 Å². The van der Waals surface area contributed by atoms with Gasteiger partial charge in [-0.3, -0.25) is 9.59 Å². The third kappa shape index (κ3) is 4.87. The molecule has 9 heteroatoms. The summed E-state index contributed by atoms with van der Waals surface area (Å²) in [7, 11) is -3.70. The summed E-state index contributed by atoms with van der Waals surface area (Å²) in [6, 6.07) is 14.9. The predicted molar refractivity (Wildman–Crippen MR) is 132 cm³/mol. The Morgan fingerprint density at radius 1 is 1.06 bits per heavy atom. The number of furan rings is 1. The first kappa shape index (κ1) is 24.7. The van der Waals surface area contributed by atoms with Crippen molar-refractivity contribution in [3.63, 3.8) is 0 Å². The van der Waals surface area contributed by atoms with Gasteiger partial charge in [0.15, 0.2) is 5.76 Å². The van der Waals surface area contributed by atoms with Gasteiger partial charge in [-0.25, -0.2) is 8.42 Å². The molecule has 0 spiro atoms. The van der Waals surface area contributed by atoms with Gasteiger partial charge in [-0.15, -0.1) is 0 Å². The Hall–Kier alpha value is -3.43. The summed E-state index contributed by atoms with van der Waals surface area (Å²) in [5.41, 5.74) is 2.91. The van der Waals surface area contributed by atoms with Crippen molar-refractivity contribution >= 4 is 27.5 Å². The lowest BCUT2D eigenvalue weighted by Gasteiger charge is -2.35. The van der Waals surface area contributed by atoms with Crippen molar-refractivity contribution in [3.8, 4) is 0 Å². The van der Waals surface area contributed by atoms with Gasteiger partial charge in [0.1, 0.15) is 6.04 Å². The lowest BCUT2D eigenvalue weighted by Crippen LogP contribution is -2.50. The van der Waals surface area contributed by atoms with E-state index < -0.39 is 22.0 Å². The van der Waals surface area contributed by atoms with Crippen LogP contribution in [0.3, 0.4) is 0 Å². The summed E-state index contributed by atoms with van der Waals surface area (Å²) >= 11 is 0. The van der Waals surface area contributed by atoms with Crippen LogP contribution in [0.2, 0.25) is 0 Å². The number of nitrogens with zero attached hydrogens (tertiary/aromatic N) is 2. The number of amides is 2. The predicted octanol–water partition coefficient (Wildman–Crippen LogP) is 3.82. The molecule has 0 radical (unpaired) electrons. The Morgan fingerprint density at radius 2 is 1.77 bits per heavy atom. The summed E-state index contributed by atoms with van der Waals surface area (Å²) in [6.07, 6.45) is 1.76. The Bertz CT molecular complexity index is 1330. The van der Waals surface area contributed by atoms with E-state index in [1.807, 2.05) is 24.3 Å². The molecule has 1 aliphatic heterocycles. The number of carbonyl (C=O) groups excluding carboxylic acids is 2. The van der Waals surface area contributed by atoms with Gasteiger partial charge in [0.2, 0.25) is 15.9 Å². The van der Waals surface area contributed by atoms with Crippen molar-refractivity contribution in [2.45, 2.75) is 44.7 Å². The van der Waals surface area contributed by atoms with E-state index in [0.29, 0.717) is 30.8 Å². The monoisotopic (exact) mass is 495 g/mol. The standard InChI is InChI=1S/C26H29N3O5S/c1-4-28(5-2)35(32,33)24-16-21(13-12-18(24)3)27-25(30)22-15-19-9-6-7-10-20(19)17-29(22)26(31)23-11-8-14-34-23/h6-14,16,22H,4-5,15,17H2,1-3H3,(H,27,30)/t22-/m0/s1. The molecule has 35 heavy (non-hydrogen) atoms. The molecule has 0 saturated heterocycles. The molecule has 0 fully saturated rings. The number of aryl methyl sites for hydroxylation is 1. The van der Waals surface area contributed by atoms with Crippen molar-refractivity contribution in [2.75, 3.05) is 18.4 Å². The van der Waals surface area contributed by atoms with Crippen LogP contribution in [-0.4, -0.2) is 48.6 Å². The number of benzene rings is 2. The van der Waals surface area contributed by atoms with Gasteiger partial charge in [-0.2, -0.15) is 4.31 Å². The lowest BCUT2D eigenvalue weighted by molar-refractivity contribution is -0.121. The second kappa shape index (κ2) is 10.1. The van der Waals surface area contributed by atoms with Crippen LogP contribution in [-0.2, 0) is 27.8 Å². The van der Waals surface area contributed by atoms with E-state index in [0.717, 1.165) is 11.1 Å². The van der Waals surface area contributed by atoms with Crippen LogP contribution in [0, 0.1) is 6.92 Å². The highest BCUT2D eigenvalue weighted by Crippen LogP contribution is 2.28. The summed E-state index contributed by atoms with van der Waals surface area (Å²) in [6.45, 7) is 6.26. The SMILES string of the molecule is CCN(CC)S(=O)(=O)c1cc(NC(=O)[C@@H]2Cc3ccccc3CN2C(=O)c2ccco2)ccc1C. The quantitative estimate of drug-likeness (QED) is 0.537. The van der Waals surface area contributed by atoms with Gasteiger partial charge in [0.25, 0.3) is 5.91 Å². The third-order valence-corrected chi connectivity index (χ3v) is 8.51. The fourth-order valence-electron chi connectivity index (χ4n) is 4.40. The number of nitrogens with one attached hydrogen (secondary N) is 1. The highest BCUT2D eigenvalue weighted by atomic mass is 32.2. The zero-order valence-corrected chi connectivity index (χ0v) is 20.8. The molecule has 3 aromatic rings. The topological polar surface area (TPSA) is 99.9 Å². The number of anilines is 1. The van der Waals surface area contributed by atoms with Crippen LogP contribution in [0.25, 0.3) is 0 Å². The zero-order chi connectivity index (χ0) is 25.2. The Labute approximate surface area is 205 Å². The molecule has 2 aromatic carbocycles. The average Bonchev–Trinajstić information content (AvgIpc) is 3.39. The highest BCUT2D eigenvalue weighted by Gasteiger charge is 2.36. The van der Waals surface area contributed by atoms with Gasteiger partial charge in [-0.05, 0) is 47.9 Å². The molecule has 0 aliphatic carbocycles. The Morgan fingerprint density at radius 3 is 2.43 bits per heavy atom. The molecule has 1 aromatic heterocycles.